The molecule has 2 aromatic rings. The number of hydrogen-bond acceptors (Lipinski definition) is 3. The molecule has 1 N–H and O–H groups in total. The van der Waals surface area contributed by atoms with E-state index in [1.807, 2.05) is 13.0 Å². The van der Waals surface area contributed by atoms with Gasteiger partial charge in [-0.15, -0.1) is 0 Å². The lowest BCUT2D eigenvalue weighted by Crippen LogP contribution is -2.22. The average molecular weight is 322 g/mol. The SMILES string of the molecule is Cc1ccc(NCc2cccc(S(=O)(=O)N(C)C)c2)c(F)c1. The van der Waals surface area contributed by atoms with Gasteiger partial charge in [-0.2, -0.15) is 0 Å². The molecule has 0 unspecified atom stereocenters. The molecule has 0 fully saturated rings. The first-order chi connectivity index (χ1) is 10.3. The van der Waals surface area contributed by atoms with Crippen molar-refractivity contribution in [3.05, 3.63) is 59.4 Å². The van der Waals surface area contributed by atoms with Gasteiger partial charge in [-0.3, -0.25) is 0 Å². The molecule has 0 saturated carbocycles. The van der Waals surface area contributed by atoms with Crippen molar-refractivity contribution in [3.8, 4) is 0 Å². The van der Waals surface area contributed by atoms with Crippen LogP contribution in [0.25, 0.3) is 0 Å². The van der Waals surface area contributed by atoms with Gasteiger partial charge >= 0.3 is 0 Å². The minimum absolute atomic E-state index is 0.223. The van der Waals surface area contributed by atoms with Gasteiger partial charge in [0.15, 0.2) is 0 Å². The van der Waals surface area contributed by atoms with Gasteiger partial charge in [0.05, 0.1) is 10.6 Å². The summed E-state index contributed by atoms with van der Waals surface area (Å²) in [5.41, 5.74) is 2.01. The first-order valence-electron chi connectivity index (χ1n) is 6.82. The average Bonchev–Trinajstić information content (AvgIpc) is 2.46. The molecule has 0 saturated heterocycles. The Balaban J connectivity index is 2.18. The summed E-state index contributed by atoms with van der Waals surface area (Å²) in [5.74, 6) is -0.322. The molecule has 6 heteroatoms. The molecule has 2 rings (SSSR count). The molecule has 22 heavy (non-hydrogen) atoms. The number of anilines is 1. The van der Waals surface area contributed by atoms with Crippen LogP contribution in [0, 0.1) is 12.7 Å². The van der Waals surface area contributed by atoms with E-state index < -0.39 is 10.0 Å². The lowest BCUT2D eigenvalue weighted by Gasteiger charge is -2.13. The van der Waals surface area contributed by atoms with Gasteiger partial charge in [-0.25, -0.2) is 17.1 Å². The smallest absolute Gasteiger partial charge is 0.242 e. The van der Waals surface area contributed by atoms with Crippen LogP contribution in [0.2, 0.25) is 0 Å². The molecule has 118 valence electrons. The lowest BCUT2D eigenvalue weighted by atomic mass is 10.2. The summed E-state index contributed by atoms with van der Waals surface area (Å²) in [6, 6.07) is 11.6. The fourth-order valence-corrected chi connectivity index (χ4v) is 2.96. The molecule has 2 aromatic carbocycles. The highest BCUT2D eigenvalue weighted by Crippen LogP contribution is 2.18. The van der Waals surface area contributed by atoms with Gasteiger partial charge in [0, 0.05) is 20.6 Å². The molecule has 0 spiro atoms. The highest BCUT2D eigenvalue weighted by Gasteiger charge is 2.17. The molecule has 0 aromatic heterocycles. The second-order valence-electron chi connectivity index (χ2n) is 5.27. The fourth-order valence-electron chi connectivity index (χ4n) is 1.99. The second-order valence-corrected chi connectivity index (χ2v) is 7.42. The Kier molecular flexibility index (Phi) is 4.83. The third kappa shape index (κ3) is 3.64. The number of nitrogens with one attached hydrogen (secondary N) is 1. The van der Waals surface area contributed by atoms with E-state index in [-0.39, 0.29) is 10.7 Å². The summed E-state index contributed by atoms with van der Waals surface area (Å²) < 4.78 is 39.1. The molecule has 0 aliphatic carbocycles. The summed E-state index contributed by atoms with van der Waals surface area (Å²) in [7, 11) is -0.489. The Bertz CT molecular complexity index is 773. The molecule has 0 aliphatic heterocycles. The first kappa shape index (κ1) is 16.5. The second kappa shape index (κ2) is 6.46. The monoisotopic (exact) mass is 322 g/mol. The third-order valence-electron chi connectivity index (χ3n) is 3.28. The summed E-state index contributed by atoms with van der Waals surface area (Å²) in [5, 5.41) is 2.98. The van der Waals surface area contributed by atoms with Gasteiger partial charge < -0.3 is 5.32 Å². The predicted molar refractivity (Wildman–Crippen MR) is 85.8 cm³/mol. The number of rotatable bonds is 5. The van der Waals surface area contributed by atoms with Gasteiger partial charge in [0.1, 0.15) is 5.82 Å². The molecule has 0 amide bonds. The van der Waals surface area contributed by atoms with Gasteiger partial charge in [0.2, 0.25) is 10.0 Å². The largest absolute Gasteiger partial charge is 0.379 e. The maximum Gasteiger partial charge on any atom is 0.242 e. The Hall–Kier alpha value is -1.92. The van der Waals surface area contributed by atoms with Crippen molar-refractivity contribution in [1.29, 1.82) is 0 Å². The van der Waals surface area contributed by atoms with Crippen LogP contribution in [0.4, 0.5) is 10.1 Å². The number of hydrogen-bond donors (Lipinski definition) is 1. The molecular weight excluding hydrogens is 303 g/mol. The normalized spacial score (nSPS) is 11.7. The number of halogens is 1. The van der Waals surface area contributed by atoms with E-state index >= 15 is 0 Å². The Morgan fingerprint density at radius 3 is 2.50 bits per heavy atom. The first-order valence-corrected chi connectivity index (χ1v) is 8.26. The van der Waals surface area contributed by atoms with Crippen LogP contribution in [-0.4, -0.2) is 26.8 Å². The molecule has 0 aliphatic rings. The van der Waals surface area contributed by atoms with E-state index in [4.69, 9.17) is 0 Å². The van der Waals surface area contributed by atoms with Crippen LogP contribution < -0.4 is 5.32 Å². The zero-order chi connectivity index (χ0) is 16.3. The van der Waals surface area contributed by atoms with Crippen molar-refractivity contribution in [3.63, 3.8) is 0 Å². The zero-order valence-corrected chi connectivity index (χ0v) is 13.6. The lowest BCUT2D eigenvalue weighted by molar-refractivity contribution is 0.520. The summed E-state index contributed by atoms with van der Waals surface area (Å²) >= 11 is 0. The third-order valence-corrected chi connectivity index (χ3v) is 5.10. The molecule has 0 heterocycles. The van der Waals surface area contributed by atoms with E-state index in [9.17, 15) is 12.8 Å². The number of sulfonamides is 1. The van der Waals surface area contributed by atoms with Crippen molar-refractivity contribution in [2.45, 2.75) is 18.4 Å². The Labute approximate surface area is 130 Å². The van der Waals surface area contributed by atoms with Crippen LogP contribution in [0.5, 0.6) is 0 Å². The van der Waals surface area contributed by atoms with E-state index in [0.717, 1.165) is 11.1 Å². The summed E-state index contributed by atoms with van der Waals surface area (Å²) in [6.07, 6.45) is 0. The molecule has 0 atom stereocenters. The Morgan fingerprint density at radius 1 is 1.14 bits per heavy atom. The molecule has 4 nitrogen and oxygen atoms in total. The minimum Gasteiger partial charge on any atom is -0.379 e. The zero-order valence-electron chi connectivity index (χ0n) is 12.8. The number of nitrogens with zero attached hydrogens (tertiary/aromatic N) is 1. The minimum atomic E-state index is -3.46. The topological polar surface area (TPSA) is 49.4 Å². The number of benzene rings is 2. The van der Waals surface area contributed by atoms with E-state index in [2.05, 4.69) is 5.32 Å². The van der Waals surface area contributed by atoms with Crippen LogP contribution in [-0.2, 0) is 16.6 Å². The highest BCUT2D eigenvalue weighted by molar-refractivity contribution is 7.89. The van der Waals surface area contributed by atoms with Crippen molar-refractivity contribution in [1.82, 2.24) is 4.31 Å². The molecule has 0 radical (unpaired) electrons. The Morgan fingerprint density at radius 2 is 1.86 bits per heavy atom. The van der Waals surface area contributed by atoms with Crippen LogP contribution in [0.3, 0.4) is 0 Å². The molecular formula is C16H19FN2O2S. The number of aryl methyl sites for hydroxylation is 1. The van der Waals surface area contributed by atoms with Crippen molar-refractivity contribution in [2.75, 3.05) is 19.4 Å². The predicted octanol–water partition coefficient (Wildman–Crippen LogP) is 3.00. The highest BCUT2D eigenvalue weighted by atomic mass is 32.2. The standard InChI is InChI=1S/C16H19FN2O2S/c1-12-7-8-16(15(17)9-12)18-11-13-5-4-6-14(10-13)22(20,21)19(2)3/h4-10,18H,11H2,1-3H3. The summed E-state index contributed by atoms with van der Waals surface area (Å²) in [4.78, 5) is 0.223. The van der Waals surface area contributed by atoms with E-state index in [1.54, 1.807) is 30.3 Å². The van der Waals surface area contributed by atoms with E-state index in [1.165, 1.54) is 24.5 Å². The summed E-state index contributed by atoms with van der Waals surface area (Å²) in [6.45, 7) is 2.17. The molecule has 0 bridgehead atoms. The van der Waals surface area contributed by atoms with Crippen molar-refractivity contribution < 1.29 is 12.8 Å². The quantitative estimate of drug-likeness (QED) is 0.920. The van der Waals surface area contributed by atoms with Crippen LogP contribution >= 0.6 is 0 Å². The van der Waals surface area contributed by atoms with Crippen LogP contribution in [0.1, 0.15) is 11.1 Å². The van der Waals surface area contributed by atoms with Gasteiger partial charge in [-0.05, 0) is 42.3 Å². The van der Waals surface area contributed by atoms with E-state index in [0.29, 0.717) is 12.2 Å². The fraction of sp³-hybridized carbons (Fsp3) is 0.250. The van der Waals surface area contributed by atoms with Crippen molar-refractivity contribution in [2.24, 2.45) is 0 Å². The maximum atomic E-state index is 13.8. The van der Waals surface area contributed by atoms with Gasteiger partial charge in [0.25, 0.3) is 0 Å². The maximum absolute atomic E-state index is 13.8. The van der Waals surface area contributed by atoms with Crippen molar-refractivity contribution >= 4 is 15.7 Å². The van der Waals surface area contributed by atoms with Crippen LogP contribution in [0.15, 0.2) is 47.4 Å². The van der Waals surface area contributed by atoms with Gasteiger partial charge in [-0.1, -0.05) is 18.2 Å².